The number of rotatable bonds is 8. The molecule has 5 nitrogen and oxygen atoms in total. The predicted molar refractivity (Wildman–Crippen MR) is 106 cm³/mol. The molecule has 2 N–H and O–H groups in total. The molecule has 1 aromatic heterocycles. The Morgan fingerprint density at radius 3 is 2.23 bits per heavy atom. The molecule has 3 aromatic rings. The molecule has 0 fully saturated rings. The summed E-state index contributed by atoms with van der Waals surface area (Å²) in [7, 11) is 1.67. The highest BCUT2D eigenvalue weighted by atomic mass is 16.5. The molecule has 0 spiro atoms. The minimum atomic E-state index is 0.698. The molecule has 0 aliphatic heterocycles. The number of aromatic nitrogens is 2. The van der Waals surface area contributed by atoms with Crippen LogP contribution in [0.4, 0.5) is 11.6 Å². The molecule has 0 amide bonds. The van der Waals surface area contributed by atoms with Crippen molar-refractivity contribution in [2.75, 3.05) is 24.3 Å². The zero-order chi connectivity index (χ0) is 18.2. The molecule has 0 saturated carbocycles. The maximum atomic E-state index is 5.18. The summed E-state index contributed by atoms with van der Waals surface area (Å²) in [5.74, 6) is 3.25. The van der Waals surface area contributed by atoms with Crippen LogP contribution in [-0.4, -0.2) is 23.6 Å². The van der Waals surface area contributed by atoms with E-state index in [0.717, 1.165) is 36.2 Å². The van der Waals surface area contributed by atoms with Gasteiger partial charge in [-0.25, -0.2) is 9.97 Å². The van der Waals surface area contributed by atoms with Crippen LogP contribution in [0.15, 0.2) is 60.7 Å². The minimum absolute atomic E-state index is 0.698. The highest BCUT2D eigenvalue weighted by Gasteiger charge is 2.03. The Hall–Kier alpha value is -3.08. The molecule has 0 bridgehead atoms. The number of hydrogen-bond acceptors (Lipinski definition) is 5. The quantitative estimate of drug-likeness (QED) is 0.643. The SMILES string of the molecule is COc1ccc(CNc2cc(NCCc3ccccc3)nc(C)n2)cc1. The van der Waals surface area contributed by atoms with Gasteiger partial charge < -0.3 is 15.4 Å². The van der Waals surface area contributed by atoms with Gasteiger partial charge in [0.1, 0.15) is 23.2 Å². The summed E-state index contributed by atoms with van der Waals surface area (Å²) < 4.78 is 5.18. The van der Waals surface area contributed by atoms with Gasteiger partial charge in [-0.15, -0.1) is 0 Å². The van der Waals surface area contributed by atoms with E-state index >= 15 is 0 Å². The van der Waals surface area contributed by atoms with Crippen molar-refractivity contribution in [1.29, 1.82) is 0 Å². The first kappa shape index (κ1) is 17.7. The normalized spacial score (nSPS) is 10.4. The second kappa shape index (κ2) is 8.85. The summed E-state index contributed by atoms with van der Waals surface area (Å²) in [5.41, 5.74) is 2.48. The molecule has 26 heavy (non-hydrogen) atoms. The highest BCUT2D eigenvalue weighted by Crippen LogP contribution is 2.15. The van der Waals surface area contributed by atoms with E-state index in [-0.39, 0.29) is 0 Å². The molecule has 0 aliphatic rings. The van der Waals surface area contributed by atoms with Gasteiger partial charge in [0.2, 0.25) is 0 Å². The average Bonchev–Trinajstić information content (AvgIpc) is 2.67. The van der Waals surface area contributed by atoms with Crippen molar-refractivity contribution in [3.63, 3.8) is 0 Å². The van der Waals surface area contributed by atoms with Gasteiger partial charge in [-0.1, -0.05) is 42.5 Å². The fourth-order valence-electron chi connectivity index (χ4n) is 2.66. The monoisotopic (exact) mass is 348 g/mol. The van der Waals surface area contributed by atoms with Crippen LogP contribution in [0.5, 0.6) is 5.75 Å². The van der Waals surface area contributed by atoms with E-state index in [1.807, 2.05) is 43.3 Å². The Kier molecular flexibility index (Phi) is 6.04. The van der Waals surface area contributed by atoms with Crippen molar-refractivity contribution in [3.05, 3.63) is 77.6 Å². The molecule has 0 saturated heterocycles. The van der Waals surface area contributed by atoms with Crippen molar-refractivity contribution in [2.24, 2.45) is 0 Å². The maximum absolute atomic E-state index is 5.18. The van der Waals surface area contributed by atoms with Gasteiger partial charge in [0.05, 0.1) is 7.11 Å². The van der Waals surface area contributed by atoms with Crippen LogP contribution in [-0.2, 0) is 13.0 Å². The van der Waals surface area contributed by atoms with E-state index in [4.69, 9.17) is 4.74 Å². The van der Waals surface area contributed by atoms with Crippen molar-refractivity contribution in [1.82, 2.24) is 9.97 Å². The van der Waals surface area contributed by atoms with Crippen molar-refractivity contribution < 1.29 is 4.74 Å². The third kappa shape index (κ3) is 5.21. The minimum Gasteiger partial charge on any atom is -0.497 e. The fourth-order valence-corrected chi connectivity index (χ4v) is 2.66. The molecule has 0 aliphatic carbocycles. The van der Waals surface area contributed by atoms with Crippen LogP contribution < -0.4 is 15.4 Å². The van der Waals surface area contributed by atoms with E-state index in [2.05, 4.69) is 44.9 Å². The zero-order valence-corrected chi connectivity index (χ0v) is 15.2. The third-order valence-electron chi connectivity index (χ3n) is 4.03. The summed E-state index contributed by atoms with van der Waals surface area (Å²) in [6, 6.07) is 20.4. The summed E-state index contributed by atoms with van der Waals surface area (Å²) in [5, 5.41) is 6.74. The van der Waals surface area contributed by atoms with Crippen molar-refractivity contribution in [2.45, 2.75) is 19.9 Å². The number of ether oxygens (including phenoxy) is 1. The van der Waals surface area contributed by atoms with Gasteiger partial charge in [0, 0.05) is 19.2 Å². The maximum Gasteiger partial charge on any atom is 0.132 e. The Labute approximate surface area is 154 Å². The molecular weight excluding hydrogens is 324 g/mol. The topological polar surface area (TPSA) is 59.1 Å². The smallest absolute Gasteiger partial charge is 0.132 e. The second-order valence-electron chi connectivity index (χ2n) is 6.05. The molecule has 2 aromatic carbocycles. The molecule has 134 valence electrons. The first-order chi connectivity index (χ1) is 12.7. The number of methoxy groups -OCH3 is 1. The van der Waals surface area contributed by atoms with Gasteiger partial charge in [-0.05, 0) is 36.6 Å². The predicted octanol–water partition coefficient (Wildman–Crippen LogP) is 4.06. The van der Waals surface area contributed by atoms with Crippen LogP contribution in [0.3, 0.4) is 0 Å². The Morgan fingerprint density at radius 1 is 0.846 bits per heavy atom. The summed E-state index contributed by atoms with van der Waals surface area (Å²) in [6.07, 6.45) is 0.957. The largest absolute Gasteiger partial charge is 0.497 e. The van der Waals surface area contributed by atoms with Crippen molar-refractivity contribution in [3.8, 4) is 5.75 Å². The zero-order valence-electron chi connectivity index (χ0n) is 15.2. The van der Waals surface area contributed by atoms with E-state index in [9.17, 15) is 0 Å². The molecule has 1 heterocycles. The standard InChI is InChI=1S/C21H24N4O/c1-16-24-20(22-13-12-17-6-4-3-5-7-17)14-21(25-16)23-15-18-8-10-19(26-2)11-9-18/h3-11,14H,12-13,15H2,1-2H3,(H2,22,23,24,25). The third-order valence-corrected chi connectivity index (χ3v) is 4.03. The molecule has 0 unspecified atom stereocenters. The Balaban J connectivity index is 1.56. The van der Waals surface area contributed by atoms with Crippen LogP contribution >= 0.6 is 0 Å². The van der Waals surface area contributed by atoms with Crippen LogP contribution in [0.25, 0.3) is 0 Å². The summed E-state index contributed by atoms with van der Waals surface area (Å²) >= 11 is 0. The lowest BCUT2D eigenvalue weighted by atomic mass is 10.1. The van der Waals surface area contributed by atoms with E-state index in [1.54, 1.807) is 7.11 Å². The number of hydrogen-bond donors (Lipinski definition) is 2. The highest BCUT2D eigenvalue weighted by molar-refractivity contribution is 5.48. The molecular formula is C21H24N4O. The summed E-state index contributed by atoms with van der Waals surface area (Å²) in [4.78, 5) is 8.93. The van der Waals surface area contributed by atoms with Crippen LogP contribution in [0.2, 0.25) is 0 Å². The average molecular weight is 348 g/mol. The number of nitrogens with zero attached hydrogens (tertiary/aromatic N) is 2. The lowest BCUT2D eigenvalue weighted by Crippen LogP contribution is -2.09. The van der Waals surface area contributed by atoms with Crippen molar-refractivity contribution >= 4 is 11.6 Å². The van der Waals surface area contributed by atoms with Gasteiger partial charge in [-0.2, -0.15) is 0 Å². The Morgan fingerprint density at radius 2 is 1.54 bits per heavy atom. The van der Waals surface area contributed by atoms with Gasteiger partial charge in [0.15, 0.2) is 0 Å². The number of aryl methyl sites for hydroxylation is 1. The first-order valence-electron chi connectivity index (χ1n) is 8.73. The lowest BCUT2D eigenvalue weighted by molar-refractivity contribution is 0.414. The van der Waals surface area contributed by atoms with E-state index in [0.29, 0.717) is 6.54 Å². The van der Waals surface area contributed by atoms with Gasteiger partial charge in [0.25, 0.3) is 0 Å². The van der Waals surface area contributed by atoms with E-state index in [1.165, 1.54) is 11.1 Å². The van der Waals surface area contributed by atoms with E-state index < -0.39 is 0 Å². The Bertz CT molecular complexity index is 819. The number of nitrogens with one attached hydrogen (secondary N) is 2. The first-order valence-corrected chi connectivity index (χ1v) is 8.73. The molecule has 5 heteroatoms. The number of anilines is 2. The number of benzene rings is 2. The van der Waals surface area contributed by atoms with Gasteiger partial charge >= 0.3 is 0 Å². The molecule has 0 atom stereocenters. The second-order valence-corrected chi connectivity index (χ2v) is 6.05. The fraction of sp³-hybridized carbons (Fsp3) is 0.238. The summed E-state index contributed by atoms with van der Waals surface area (Å²) in [6.45, 7) is 3.43. The molecule has 0 radical (unpaired) electrons. The molecule has 3 rings (SSSR count). The van der Waals surface area contributed by atoms with Crippen LogP contribution in [0, 0.1) is 6.92 Å². The van der Waals surface area contributed by atoms with Gasteiger partial charge in [-0.3, -0.25) is 0 Å². The van der Waals surface area contributed by atoms with Crippen LogP contribution in [0.1, 0.15) is 17.0 Å². The lowest BCUT2D eigenvalue weighted by Gasteiger charge is -2.11.